The standard InChI is InChI=1S/C21H21ClN4O4/c1-14-11-20(27)25(21(14)28)17-5-6-18(19(13-17)26(29)30)24-9-7-23(8-10-24)16-4-2-3-15(22)12-16/h2-6,12-14H,7-11H2,1H3/t14-/m1/s1. The predicted octanol–water partition coefficient (Wildman–Crippen LogP) is 3.47. The molecule has 4 rings (SSSR count). The monoisotopic (exact) mass is 428 g/mol. The van der Waals surface area contributed by atoms with Gasteiger partial charge in [-0.15, -0.1) is 0 Å². The molecule has 2 fully saturated rings. The third-order valence-corrected chi connectivity index (χ3v) is 5.81. The van der Waals surface area contributed by atoms with Gasteiger partial charge in [-0.05, 0) is 30.3 Å². The highest BCUT2D eigenvalue weighted by Crippen LogP contribution is 2.36. The van der Waals surface area contributed by atoms with Crippen molar-refractivity contribution < 1.29 is 14.5 Å². The van der Waals surface area contributed by atoms with Crippen molar-refractivity contribution in [3.05, 3.63) is 57.6 Å². The molecule has 2 aliphatic heterocycles. The fourth-order valence-corrected chi connectivity index (χ4v) is 4.18. The van der Waals surface area contributed by atoms with E-state index in [0.717, 1.165) is 10.6 Å². The molecule has 0 bridgehead atoms. The van der Waals surface area contributed by atoms with Gasteiger partial charge in [0.05, 0.1) is 10.6 Å². The third kappa shape index (κ3) is 3.70. The molecule has 0 spiro atoms. The fourth-order valence-electron chi connectivity index (χ4n) is 4.00. The number of hydrogen-bond acceptors (Lipinski definition) is 6. The van der Waals surface area contributed by atoms with Crippen LogP contribution in [0.2, 0.25) is 5.02 Å². The van der Waals surface area contributed by atoms with Crippen molar-refractivity contribution in [1.82, 2.24) is 0 Å². The molecule has 2 aromatic rings. The molecule has 9 heteroatoms. The maximum Gasteiger partial charge on any atom is 0.294 e. The van der Waals surface area contributed by atoms with E-state index in [4.69, 9.17) is 11.6 Å². The Morgan fingerprint density at radius 3 is 2.30 bits per heavy atom. The molecule has 2 aliphatic rings. The molecule has 0 aromatic heterocycles. The van der Waals surface area contributed by atoms with Crippen molar-refractivity contribution in [3.63, 3.8) is 0 Å². The second kappa shape index (κ2) is 7.95. The van der Waals surface area contributed by atoms with Gasteiger partial charge in [0.2, 0.25) is 11.8 Å². The number of imide groups is 1. The molecule has 2 amide bonds. The minimum atomic E-state index is -0.462. The third-order valence-electron chi connectivity index (χ3n) is 5.58. The van der Waals surface area contributed by atoms with Crippen molar-refractivity contribution in [2.24, 2.45) is 5.92 Å². The Bertz CT molecular complexity index is 1020. The lowest BCUT2D eigenvalue weighted by Gasteiger charge is -2.37. The summed E-state index contributed by atoms with van der Waals surface area (Å²) in [5.41, 5.74) is 1.65. The molecule has 8 nitrogen and oxygen atoms in total. The summed E-state index contributed by atoms with van der Waals surface area (Å²) in [5, 5.41) is 12.4. The normalized spacial score (nSPS) is 19.5. The molecule has 0 saturated carbocycles. The predicted molar refractivity (Wildman–Crippen MR) is 115 cm³/mol. The van der Waals surface area contributed by atoms with Crippen molar-refractivity contribution in [2.45, 2.75) is 13.3 Å². The number of nitro groups is 1. The minimum Gasteiger partial charge on any atom is -0.368 e. The van der Waals surface area contributed by atoms with Crippen LogP contribution in [-0.4, -0.2) is 42.9 Å². The van der Waals surface area contributed by atoms with Crippen LogP contribution in [0.25, 0.3) is 0 Å². The highest BCUT2D eigenvalue weighted by atomic mass is 35.5. The molecule has 2 aromatic carbocycles. The summed E-state index contributed by atoms with van der Waals surface area (Å²) in [5.74, 6) is -1.06. The Balaban J connectivity index is 1.55. The van der Waals surface area contributed by atoms with E-state index in [1.807, 2.05) is 29.2 Å². The van der Waals surface area contributed by atoms with Crippen molar-refractivity contribution >= 4 is 46.2 Å². The minimum absolute atomic E-state index is 0.108. The first kappa shape index (κ1) is 20.2. The summed E-state index contributed by atoms with van der Waals surface area (Å²) < 4.78 is 0. The average molecular weight is 429 g/mol. The molecular weight excluding hydrogens is 408 g/mol. The van der Waals surface area contributed by atoms with Gasteiger partial charge < -0.3 is 9.80 Å². The van der Waals surface area contributed by atoms with Crippen molar-refractivity contribution in [3.8, 4) is 0 Å². The highest BCUT2D eigenvalue weighted by Gasteiger charge is 2.37. The van der Waals surface area contributed by atoms with Crippen LogP contribution < -0.4 is 14.7 Å². The van der Waals surface area contributed by atoms with Crippen LogP contribution in [0, 0.1) is 16.0 Å². The van der Waals surface area contributed by atoms with E-state index in [-0.39, 0.29) is 29.6 Å². The summed E-state index contributed by atoms with van der Waals surface area (Å²) in [4.78, 5) is 40.9. The van der Waals surface area contributed by atoms with E-state index in [0.29, 0.717) is 36.9 Å². The van der Waals surface area contributed by atoms with Gasteiger partial charge in [-0.1, -0.05) is 24.6 Å². The molecule has 156 valence electrons. The van der Waals surface area contributed by atoms with Crippen LogP contribution in [-0.2, 0) is 9.59 Å². The van der Waals surface area contributed by atoms with E-state index in [1.165, 1.54) is 6.07 Å². The number of amides is 2. The lowest BCUT2D eigenvalue weighted by molar-refractivity contribution is -0.384. The van der Waals surface area contributed by atoms with Gasteiger partial charge in [-0.25, -0.2) is 0 Å². The average Bonchev–Trinajstić information content (AvgIpc) is 2.99. The molecular formula is C21H21ClN4O4. The zero-order valence-corrected chi connectivity index (χ0v) is 17.2. The number of halogens is 1. The second-order valence-corrected chi connectivity index (χ2v) is 7.99. The first-order chi connectivity index (χ1) is 14.3. The van der Waals surface area contributed by atoms with Gasteiger partial charge in [0.1, 0.15) is 5.69 Å². The number of piperazine rings is 1. The molecule has 2 saturated heterocycles. The number of carbonyl (C=O) groups is 2. The van der Waals surface area contributed by atoms with Crippen LogP contribution in [0.4, 0.5) is 22.7 Å². The zero-order valence-electron chi connectivity index (χ0n) is 16.5. The van der Waals surface area contributed by atoms with Crippen LogP contribution in [0.3, 0.4) is 0 Å². The fraction of sp³-hybridized carbons (Fsp3) is 0.333. The van der Waals surface area contributed by atoms with Crippen molar-refractivity contribution in [2.75, 3.05) is 40.9 Å². The first-order valence-electron chi connectivity index (χ1n) is 9.76. The molecule has 0 radical (unpaired) electrons. The topological polar surface area (TPSA) is 87.0 Å². The summed E-state index contributed by atoms with van der Waals surface area (Å²) in [6.45, 7) is 4.28. The van der Waals surface area contributed by atoms with Gasteiger partial charge in [-0.3, -0.25) is 24.6 Å². The molecule has 2 heterocycles. The number of nitrogens with zero attached hydrogens (tertiary/aromatic N) is 4. The molecule has 1 atom stereocenters. The van der Waals surface area contributed by atoms with Crippen molar-refractivity contribution in [1.29, 1.82) is 0 Å². The maximum atomic E-state index is 12.3. The number of nitro benzene ring substituents is 1. The maximum absolute atomic E-state index is 12.3. The summed E-state index contributed by atoms with van der Waals surface area (Å²) in [6, 6.07) is 12.2. The van der Waals surface area contributed by atoms with Crippen LogP contribution in [0.15, 0.2) is 42.5 Å². The summed E-state index contributed by atoms with van der Waals surface area (Å²) in [6.07, 6.45) is 0.125. The Morgan fingerprint density at radius 1 is 1.00 bits per heavy atom. The smallest absolute Gasteiger partial charge is 0.294 e. The SMILES string of the molecule is C[C@@H]1CC(=O)N(c2ccc(N3CCN(c4cccc(Cl)c4)CC3)c([N+](=O)[O-])c2)C1=O. The number of benzene rings is 2. The van der Waals surface area contributed by atoms with E-state index < -0.39 is 10.8 Å². The lowest BCUT2D eigenvalue weighted by atomic mass is 10.1. The number of anilines is 3. The Hall–Kier alpha value is -3.13. The van der Waals surface area contributed by atoms with E-state index >= 15 is 0 Å². The lowest BCUT2D eigenvalue weighted by Crippen LogP contribution is -2.46. The number of rotatable bonds is 4. The number of carbonyl (C=O) groups excluding carboxylic acids is 2. The van der Waals surface area contributed by atoms with Gasteiger partial charge in [0, 0.05) is 55.3 Å². The molecule has 30 heavy (non-hydrogen) atoms. The first-order valence-corrected chi connectivity index (χ1v) is 10.1. The quantitative estimate of drug-likeness (QED) is 0.421. The van der Waals surface area contributed by atoms with Gasteiger partial charge >= 0.3 is 0 Å². The van der Waals surface area contributed by atoms with E-state index in [2.05, 4.69) is 4.90 Å². The van der Waals surface area contributed by atoms with Crippen LogP contribution >= 0.6 is 11.6 Å². The summed E-state index contributed by atoms with van der Waals surface area (Å²) >= 11 is 6.08. The summed E-state index contributed by atoms with van der Waals surface area (Å²) in [7, 11) is 0. The van der Waals surface area contributed by atoms with E-state index in [9.17, 15) is 19.7 Å². The van der Waals surface area contributed by atoms with Crippen LogP contribution in [0.1, 0.15) is 13.3 Å². The molecule has 0 aliphatic carbocycles. The Labute approximate surface area is 178 Å². The highest BCUT2D eigenvalue weighted by molar-refractivity contribution is 6.30. The second-order valence-electron chi connectivity index (χ2n) is 7.56. The Kier molecular flexibility index (Phi) is 5.34. The van der Waals surface area contributed by atoms with Gasteiger partial charge in [0.25, 0.3) is 5.69 Å². The molecule has 0 unspecified atom stereocenters. The van der Waals surface area contributed by atoms with Gasteiger partial charge in [0.15, 0.2) is 0 Å². The molecule has 0 N–H and O–H groups in total. The van der Waals surface area contributed by atoms with Gasteiger partial charge in [-0.2, -0.15) is 0 Å². The zero-order chi connectivity index (χ0) is 21.4. The largest absolute Gasteiger partial charge is 0.368 e. The van der Waals surface area contributed by atoms with E-state index in [1.54, 1.807) is 19.1 Å². The Morgan fingerprint density at radius 2 is 1.70 bits per heavy atom. The van der Waals surface area contributed by atoms with Crippen LogP contribution in [0.5, 0.6) is 0 Å². The number of hydrogen-bond donors (Lipinski definition) is 0.